The minimum Gasteiger partial charge on any atom is -0.303 e. The Kier molecular flexibility index (Phi) is 4.06. The second-order valence-corrected chi connectivity index (χ2v) is 6.00. The third-order valence-corrected chi connectivity index (χ3v) is 4.59. The molecular weight excluding hydrogens is 246 g/mol. The number of nitrogens with zero attached hydrogens (tertiary/aromatic N) is 3. The van der Waals surface area contributed by atoms with Gasteiger partial charge in [0.05, 0.1) is 11.2 Å². The molecule has 1 aromatic carbocycles. The summed E-state index contributed by atoms with van der Waals surface area (Å²) in [5.74, 6) is 0.638. The first-order valence-corrected chi connectivity index (χ1v) is 7.93. The minimum atomic E-state index is 0.638. The maximum absolute atomic E-state index is 4.80. The molecule has 0 atom stereocenters. The molecule has 20 heavy (non-hydrogen) atoms. The van der Waals surface area contributed by atoms with Crippen molar-refractivity contribution in [2.45, 2.75) is 38.5 Å². The van der Waals surface area contributed by atoms with Gasteiger partial charge in [0.15, 0.2) is 0 Å². The second-order valence-electron chi connectivity index (χ2n) is 6.00. The van der Waals surface area contributed by atoms with E-state index < -0.39 is 0 Å². The van der Waals surface area contributed by atoms with Crippen molar-refractivity contribution < 1.29 is 0 Å². The van der Waals surface area contributed by atoms with Crippen molar-refractivity contribution in [3.05, 3.63) is 30.0 Å². The molecule has 2 heterocycles. The Labute approximate surface area is 121 Å². The Morgan fingerprint density at radius 2 is 1.95 bits per heavy atom. The van der Waals surface area contributed by atoms with E-state index in [4.69, 9.17) is 5.10 Å². The number of hydrogen-bond acceptors (Lipinski definition) is 2. The zero-order valence-corrected chi connectivity index (χ0v) is 12.7. The molecule has 0 bridgehead atoms. The van der Waals surface area contributed by atoms with Crippen LogP contribution < -0.4 is 0 Å². The van der Waals surface area contributed by atoms with Crippen LogP contribution in [-0.4, -0.2) is 34.3 Å². The quantitative estimate of drug-likeness (QED) is 0.848. The fourth-order valence-electron chi connectivity index (χ4n) is 3.36. The zero-order valence-electron chi connectivity index (χ0n) is 12.7. The highest BCUT2D eigenvalue weighted by Gasteiger charge is 2.24. The molecule has 3 nitrogen and oxygen atoms in total. The number of hydrogen-bond donors (Lipinski definition) is 0. The summed E-state index contributed by atoms with van der Waals surface area (Å²) in [4.78, 5) is 2.62. The van der Waals surface area contributed by atoms with Crippen LogP contribution in [0.2, 0.25) is 0 Å². The zero-order chi connectivity index (χ0) is 13.9. The van der Waals surface area contributed by atoms with Crippen LogP contribution in [-0.2, 0) is 7.05 Å². The van der Waals surface area contributed by atoms with E-state index in [0.717, 1.165) is 0 Å². The Morgan fingerprint density at radius 3 is 2.70 bits per heavy atom. The molecule has 0 N–H and O–H groups in total. The molecule has 108 valence electrons. The van der Waals surface area contributed by atoms with E-state index in [2.05, 4.69) is 43.1 Å². The lowest BCUT2D eigenvalue weighted by Gasteiger charge is -2.31. The minimum absolute atomic E-state index is 0.638. The number of fused-ring (bicyclic) bond motifs is 1. The summed E-state index contributed by atoms with van der Waals surface area (Å²) in [6, 6.07) is 8.62. The van der Waals surface area contributed by atoms with Gasteiger partial charge in [-0.05, 0) is 45.0 Å². The molecule has 0 amide bonds. The fraction of sp³-hybridized carbons (Fsp3) is 0.588. The van der Waals surface area contributed by atoms with Crippen molar-refractivity contribution in [1.82, 2.24) is 14.7 Å². The summed E-state index contributed by atoms with van der Waals surface area (Å²) in [6.45, 7) is 6.00. The highest BCUT2D eigenvalue weighted by Crippen LogP contribution is 2.32. The van der Waals surface area contributed by atoms with Gasteiger partial charge in [-0.2, -0.15) is 5.10 Å². The van der Waals surface area contributed by atoms with Crippen molar-refractivity contribution in [1.29, 1.82) is 0 Å². The number of para-hydroxylation sites is 1. The standard InChI is InChI=1S/C17H25N3/c1-3-4-11-20-12-9-14(10-13-20)17-15-7-5-6-8-16(15)19(2)18-17/h5-8,14H,3-4,9-13H2,1-2H3. The van der Waals surface area contributed by atoms with E-state index in [1.54, 1.807) is 0 Å². The molecule has 0 saturated carbocycles. The average Bonchev–Trinajstić information content (AvgIpc) is 2.83. The fourth-order valence-corrected chi connectivity index (χ4v) is 3.36. The van der Waals surface area contributed by atoms with Gasteiger partial charge < -0.3 is 4.90 Å². The molecule has 0 spiro atoms. The summed E-state index contributed by atoms with van der Waals surface area (Å²) in [5.41, 5.74) is 2.58. The molecule has 1 aliphatic rings. The first-order valence-electron chi connectivity index (χ1n) is 7.93. The maximum Gasteiger partial charge on any atom is 0.0735 e. The normalized spacial score (nSPS) is 17.9. The van der Waals surface area contributed by atoms with E-state index in [9.17, 15) is 0 Å². The molecule has 1 aliphatic heterocycles. The molecular formula is C17H25N3. The highest BCUT2D eigenvalue weighted by atomic mass is 15.3. The van der Waals surface area contributed by atoms with E-state index >= 15 is 0 Å². The molecule has 1 saturated heterocycles. The number of aryl methyl sites for hydroxylation is 1. The lowest BCUT2D eigenvalue weighted by Crippen LogP contribution is -2.33. The Bertz CT molecular complexity index is 565. The predicted molar refractivity (Wildman–Crippen MR) is 84.0 cm³/mol. The lowest BCUT2D eigenvalue weighted by molar-refractivity contribution is 0.208. The van der Waals surface area contributed by atoms with Gasteiger partial charge >= 0.3 is 0 Å². The van der Waals surface area contributed by atoms with Crippen LogP contribution in [0.4, 0.5) is 0 Å². The van der Waals surface area contributed by atoms with Crippen molar-refractivity contribution >= 4 is 10.9 Å². The van der Waals surface area contributed by atoms with Crippen molar-refractivity contribution in [3.8, 4) is 0 Å². The van der Waals surface area contributed by atoms with Crippen LogP contribution in [0.15, 0.2) is 24.3 Å². The molecule has 3 heteroatoms. The first-order chi connectivity index (χ1) is 9.79. The van der Waals surface area contributed by atoms with Crippen LogP contribution in [0, 0.1) is 0 Å². The van der Waals surface area contributed by atoms with E-state index in [1.165, 1.54) is 61.9 Å². The van der Waals surface area contributed by atoms with Crippen LogP contribution >= 0.6 is 0 Å². The Morgan fingerprint density at radius 1 is 1.20 bits per heavy atom. The van der Waals surface area contributed by atoms with Crippen LogP contribution in [0.1, 0.15) is 44.2 Å². The summed E-state index contributed by atoms with van der Waals surface area (Å²) in [7, 11) is 2.06. The van der Waals surface area contributed by atoms with Gasteiger partial charge in [-0.3, -0.25) is 4.68 Å². The number of aromatic nitrogens is 2. The van der Waals surface area contributed by atoms with Gasteiger partial charge in [0.2, 0.25) is 0 Å². The monoisotopic (exact) mass is 271 g/mol. The number of rotatable bonds is 4. The molecule has 1 aromatic heterocycles. The van der Waals surface area contributed by atoms with Gasteiger partial charge in [-0.15, -0.1) is 0 Å². The van der Waals surface area contributed by atoms with Crippen LogP contribution in [0.5, 0.6) is 0 Å². The summed E-state index contributed by atoms with van der Waals surface area (Å²) in [5, 5.41) is 6.15. The third-order valence-electron chi connectivity index (χ3n) is 4.59. The number of piperidine rings is 1. The highest BCUT2D eigenvalue weighted by molar-refractivity contribution is 5.82. The van der Waals surface area contributed by atoms with Gasteiger partial charge in [0.25, 0.3) is 0 Å². The van der Waals surface area contributed by atoms with E-state index in [1.807, 2.05) is 4.68 Å². The molecule has 3 rings (SSSR count). The van der Waals surface area contributed by atoms with E-state index in [-0.39, 0.29) is 0 Å². The maximum atomic E-state index is 4.80. The summed E-state index contributed by atoms with van der Waals surface area (Å²) >= 11 is 0. The Hall–Kier alpha value is -1.35. The first kappa shape index (κ1) is 13.6. The SMILES string of the molecule is CCCCN1CCC(c2nn(C)c3ccccc23)CC1. The molecule has 0 aliphatic carbocycles. The number of unbranched alkanes of at least 4 members (excludes halogenated alkanes) is 1. The molecule has 0 unspecified atom stereocenters. The molecule has 1 fully saturated rings. The van der Waals surface area contributed by atoms with Gasteiger partial charge in [0, 0.05) is 18.4 Å². The van der Waals surface area contributed by atoms with E-state index in [0.29, 0.717) is 5.92 Å². The van der Waals surface area contributed by atoms with Crippen molar-refractivity contribution in [2.24, 2.45) is 7.05 Å². The van der Waals surface area contributed by atoms with Crippen molar-refractivity contribution in [3.63, 3.8) is 0 Å². The van der Waals surface area contributed by atoms with Crippen LogP contribution in [0.25, 0.3) is 10.9 Å². The smallest absolute Gasteiger partial charge is 0.0735 e. The largest absolute Gasteiger partial charge is 0.303 e. The summed E-state index contributed by atoms with van der Waals surface area (Å²) < 4.78 is 2.04. The molecule has 0 radical (unpaired) electrons. The Balaban J connectivity index is 1.74. The summed E-state index contributed by atoms with van der Waals surface area (Å²) in [6.07, 6.45) is 5.14. The topological polar surface area (TPSA) is 21.1 Å². The second kappa shape index (κ2) is 5.96. The van der Waals surface area contributed by atoms with Gasteiger partial charge in [0.1, 0.15) is 0 Å². The number of likely N-dealkylation sites (tertiary alicyclic amines) is 1. The van der Waals surface area contributed by atoms with Gasteiger partial charge in [-0.1, -0.05) is 31.5 Å². The third kappa shape index (κ3) is 2.59. The van der Waals surface area contributed by atoms with Crippen molar-refractivity contribution in [2.75, 3.05) is 19.6 Å². The number of benzene rings is 1. The lowest BCUT2D eigenvalue weighted by atomic mass is 9.91. The van der Waals surface area contributed by atoms with Gasteiger partial charge in [-0.25, -0.2) is 0 Å². The van der Waals surface area contributed by atoms with Crippen LogP contribution in [0.3, 0.4) is 0 Å². The predicted octanol–water partition coefficient (Wildman–Crippen LogP) is 3.55. The molecule has 2 aromatic rings. The average molecular weight is 271 g/mol.